The van der Waals surface area contributed by atoms with Gasteiger partial charge in [0.15, 0.2) is 0 Å². The molecule has 0 saturated carbocycles. The number of fused-ring (bicyclic) bond motifs is 3. The summed E-state index contributed by atoms with van der Waals surface area (Å²) in [5.74, 6) is 1.69. The maximum Gasteiger partial charge on any atom is 0.141 e. The molecule has 0 aliphatic carbocycles. The summed E-state index contributed by atoms with van der Waals surface area (Å²) >= 11 is 4.74. The van der Waals surface area contributed by atoms with E-state index in [2.05, 4.69) is 29.2 Å². The maximum atomic E-state index is 5.28. The van der Waals surface area contributed by atoms with Gasteiger partial charge in [-0.2, -0.15) is 8.75 Å². The quantitative estimate of drug-likeness (QED) is 0.531. The number of aromatic nitrogens is 4. The summed E-state index contributed by atoms with van der Waals surface area (Å²) in [5.41, 5.74) is 4.69. The third-order valence-electron chi connectivity index (χ3n) is 3.69. The predicted octanol–water partition coefficient (Wildman–Crippen LogP) is 4.02. The van der Waals surface area contributed by atoms with Crippen molar-refractivity contribution >= 4 is 49.7 Å². The fraction of sp³-hybridized carbons (Fsp3) is 0.133. The molecule has 0 aliphatic heterocycles. The Morgan fingerprint density at radius 2 is 2.00 bits per heavy atom. The minimum Gasteiger partial charge on any atom is -0.496 e. The molecule has 2 aromatic carbocycles. The van der Waals surface area contributed by atoms with Crippen LogP contribution in [0.25, 0.3) is 33.5 Å². The molecule has 2 aromatic heterocycles. The van der Waals surface area contributed by atoms with Gasteiger partial charge in [-0.05, 0) is 46.3 Å². The molecular formula is C15H11BrN4OS. The first-order valence-electron chi connectivity index (χ1n) is 6.60. The molecule has 0 radical (unpaired) electrons. The summed E-state index contributed by atoms with van der Waals surface area (Å²) < 4.78 is 16.9. The number of aryl methyl sites for hydroxylation is 1. The minimum absolute atomic E-state index is 0.800. The van der Waals surface area contributed by atoms with E-state index in [1.165, 1.54) is 11.7 Å². The molecule has 22 heavy (non-hydrogen) atoms. The third kappa shape index (κ3) is 1.93. The third-order valence-corrected chi connectivity index (χ3v) is 4.85. The molecule has 0 unspecified atom stereocenters. The lowest BCUT2D eigenvalue weighted by atomic mass is 10.2. The standard InChI is InChI=1S/C15H11BrN4OS/c1-20-11-5-4-10-13(19-22-18-10)14(11)17-15(20)8-3-6-12(21-2)9(16)7-8/h3-7H,1-2H3. The number of hydrogen-bond acceptors (Lipinski definition) is 5. The van der Waals surface area contributed by atoms with E-state index in [1.807, 2.05) is 37.4 Å². The van der Waals surface area contributed by atoms with Crippen LogP contribution in [-0.2, 0) is 7.05 Å². The highest BCUT2D eigenvalue weighted by Crippen LogP contribution is 2.32. The summed E-state index contributed by atoms with van der Waals surface area (Å²) in [6, 6.07) is 9.96. The molecular weight excluding hydrogens is 364 g/mol. The Bertz CT molecular complexity index is 1010. The Balaban J connectivity index is 1.98. The van der Waals surface area contributed by atoms with Crippen molar-refractivity contribution in [3.63, 3.8) is 0 Å². The number of ether oxygens (including phenoxy) is 1. The molecule has 4 rings (SSSR count). The predicted molar refractivity (Wildman–Crippen MR) is 91.4 cm³/mol. The molecule has 7 heteroatoms. The SMILES string of the molecule is COc1ccc(-c2nc3c4nsnc4ccc3n2C)cc1Br. The Labute approximate surface area is 139 Å². The summed E-state index contributed by atoms with van der Waals surface area (Å²) in [6.07, 6.45) is 0. The topological polar surface area (TPSA) is 52.8 Å². The average Bonchev–Trinajstić information content (AvgIpc) is 3.11. The Hall–Kier alpha value is -1.99. The fourth-order valence-electron chi connectivity index (χ4n) is 2.57. The first kappa shape index (κ1) is 13.7. The van der Waals surface area contributed by atoms with E-state index in [1.54, 1.807) is 7.11 Å². The van der Waals surface area contributed by atoms with Crippen molar-refractivity contribution in [2.75, 3.05) is 7.11 Å². The Morgan fingerprint density at radius 1 is 1.14 bits per heavy atom. The number of halogens is 1. The van der Waals surface area contributed by atoms with E-state index in [0.29, 0.717) is 0 Å². The van der Waals surface area contributed by atoms with Crippen LogP contribution < -0.4 is 4.74 Å². The smallest absolute Gasteiger partial charge is 0.141 e. The first-order chi connectivity index (χ1) is 10.7. The van der Waals surface area contributed by atoms with Crippen LogP contribution in [0.5, 0.6) is 5.75 Å². The molecule has 4 aromatic rings. The Kier molecular flexibility index (Phi) is 3.12. The second-order valence-electron chi connectivity index (χ2n) is 4.91. The van der Waals surface area contributed by atoms with Gasteiger partial charge in [-0.25, -0.2) is 4.98 Å². The van der Waals surface area contributed by atoms with Crippen molar-refractivity contribution in [3.8, 4) is 17.1 Å². The van der Waals surface area contributed by atoms with Crippen molar-refractivity contribution in [2.24, 2.45) is 7.05 Å². The summed E-state index contributed by atoms with van der Waals surface area (Å²) in [7, 11) is 3.66. The van der Waals surface area contributed by atoms with Gasteiger partial charge in [0.1, 0.15) is 28.1 Å². The molecule has 0 fully saturated rings. The number of imidazole rings is 1. The second kappa shape index (κ2) is 5.03. The minimum atomic E-state index is 0.800. The summed E-state index contributed by atoms with van der Waals surface area (Å²) in [5, 5.41) is 0. The zero-order valence-electron chi connectivity index (χ0n) is 11.9. The molecule has 0 spiro atoms. The average molecular weight is 375 g/mol. The normalized spacial score (nSPS) is 11.4. The van der Waals surface area contributed by atoms with Gasteiger partial charge in [-0.1, -0.05) is 0 Å². The second-order valence-corrected chi connectivity index (χ2v) is 6.29. The number of rotatable bonds is 2. The lowest BCUT2D eigenvalue weighted by Crippen LogP contribution is -1.93. The number of nitrogens with zero attached hydrogens (tertiary/aromatic N) is 4. The molecule has 0 amide bonds. The van der Waals surface area contributed by atoms with E-state index in [0.717, 1.165) is 43.7 Å². The van der Waals surface area contributed by atoms with Crippen LogP contribution in [0, 0.1) is 0 Å². The molecule has 0 atom stereocenters. The zero-order chi connectivity index (χ0) is 15.3. The van der Waals surface area contributed by atoms with Gasteiger partial charge in [0.2, 0.25) is 0 Å². The molecule has 5 nitrogen and oxygen atoms in total. The van der Waals surface area contributed by atoms with Crippen LogP contribution in [0.3, 0.4) is 0 Å². The summed E-state index contributed by atoms with van der Waals surface area (Å²) in [6.45, 7) is 0. The fourth-order valence-corrected chi connectivity index (χ4v) is 3.65. The highest BCUT2D eigenvalue weighted by atomic mass is 79.9. The molecule has 110 valence electrons. The number of benzene rings is 2. The largest absolute Gasteiger partial charge is 0.496 e. The highest BCUT2D eigenvalue weighted by Gasteiger charge is 2.15. The van der Waals surface area contributed by atoms with Crippen molar-refractivity contribution < 1.29 is 4.74 Å². The van der Waals surface area contributed by atoms with Crippen LogP contribution in [0.15, 0.2) is 34.8 Å². The van der Waals surface area contributed by atoms with Crippen LogP contribution in [0.1, 0.15) is 0 Å². The Morgan fingerprint density at radius 3 is 2.77 bits per heavy atom. The number of hydrogen-bond donors (Lipinski definition) is 0. The maximum absolute atomic E-state index is 5.28. The molecule has 0 N–H and O–H groups in total. The van der Waals surface area contributed by atoms with Crippen LogP contribution in [0.2, 0.25) is 0 Å². The lowest BCUT2D eigenvalue weighted by molar-refractivity contribution is 0.412. The lowest BCUT2D eigenvalue weighted by Gasteiger charge is -2.06. The monoisotopic (exact) mass is 374 g/mol. The highest BCUT2D eigenvalue weighted by molar-refractivity contribution is 9.10. The molecule has 0 aliphatic rings. The molecule has 0 saturated heterocycles. The summed E-state index contributed by atoms with van der Waals surface area (Å²) in [4.78, 5) is 4.78. The van der Waals surface area contributed by atoms with Crippen molar-refractivity contribution in [2.45, 2.75) is 0 Å². The molecule has 2 heterocycles. The van der Waals surface area contributed by atoms with Crippen LogP contribution in [-0.4, -0.2) is 25.4 Å². The molecule has 0 bridgehead atoms. The van der Waals surface area contributed by atoms with E-state index in [-0.39, 0.29) is 0 Å². The van der Waals surface area contributed by atoms with Crippen molar-refractivity contribution in [1.29, 1.82) is 0 Å². The van der Waals surface area contributed by atoms with Gasteiger partial charge in [0, 0.05) is 12.6 Å². The first-order valence-corrected chi connectivity index (χ1v) is 8.13. The van der Waals surface area contributed by atoms with E-state index in [9.17, 15) is 0 Å². The van der Waals surface area contributed by atoms with Gasteiger partial charge in [0.05, 0.1) is 28.8 Å². The van der Waals surface area contributed by atoms with Gasteiger partial charge in [-0.15, -0.1) is 0 Å². The van der Waals surface area contributed by atoms with Crippen LogP contribution >= 0.6 is 27.7 Å². The van der Waals surface area contributed by atoms with Crippen molar-refractivity contribution in [1.82, 2.24) is 18.3 Å². The van der Waals surface area contributed by atoms with Gasteiger partial charge in [0.25, 0.3) is 0 Å². The number of methoxy groups -OCH3 is 1. The van der Waals surface area contributed by atoms with Gasteiger partial charge < -0.3 is 9.30 Å². The van der Waals surface area contributed by atoms with Gasteiger partial charge in [-0.3, -0.25) is 0 Å². The van der Waals surface area contributed by atoms with E-state index in [4.69, 9.17) is 9.72 Å². The van der Waals surface area contributed by atoms with E-state index >= 15 is 0 Å². The van der Waals surface area contributed by atoms with E-state index < -0.39 is 0 Å². The van der Waals surface area contributed by atoms with Crippen molar-refractivity contribution in [3.05, 3.63) is 34.8 Å². The van der Waals surface area contributed by atoms with Gasteiger partial charge >= 0.3 is 0 Å². The zero-order valence-corrected chi connectivity index (χ0v) is 14.3. The van der Waals surface area contributed by atoms with Crippen LogP contribution in [0.4, 0.5) is 0 Å².